The fourth-order valence-electron chi connectivity index (χ4n) is 1.92. The van der Waals surface area contributed by atoms with Gasteiger partial charge in [0.25, 0.3) is 0 Å². The average molecular weight is 315 g/mol. The fraction of sp³-hybridized carbons (Fsp3) is 0.125. The van der Waals surface area contributed by atoms with Gasteiger partial charge in [-0.05, 0) is 24.3 Å². The smallest absolute Gasteiger partial charge is 0.173 e. The van der Waals surface area contributed by atoms with Crippen LogP contribution in [0.3, 0.4) is 0 Å². The zero-order valence-corrected chi connectivity index (χ0v) is 13.0. The molecule has 0 spiro atoms. The first-order chi connectivity index (χ1) is 10.3. The van der Waals surface area contributed by atoms with Gasteiger partial charge in [0.05, 0.1) is 23.1 Å². The first kappa shape index (κ1) is 14.1. The van der Waals surface area contributed by atoms with Crippen molar-refractivity contribution in [3.63, 3.8) is 0 Å². The fourth-order valence-corrected chi connectivity index (χ4v) is 3.88. The molecule has 0 unspecified atom stereocenters. The SMILES string of the molecule is COc1cccc(C(=O)CSc2nc3ccccc3s2)c1. The number of methoxy groups -OCH3 is 1. The van der Waals surface area contributed by atoms with E-state index in [9.17, 15) is 4.79 Å². The quantitative estimate of drug-likeness (QED) is 0.520. The van der Waals surface area contributed by atoms with E-state index in [0.29, 0.717) is 17.1 Å². The number of hydrogen-bond donors (Lipinski definition) is 0. The summed E-state index contributed by atoms with van der Waals surface area (Å²) < 4.78 is 7.21. The Labute approximate surface area is 131 Å². The summed E-state index contributed by atoms with van der Waals surface area (Å²) in [7, 11) is 1.60. The Hall–Kier alpha value is -1.85. The molecule has 21 heavy (non-hydrogen) atoms. The highest BCUT2D eigenvalue weighted by Gasteiger charge is 2.10. The Morgan fingerprint density at radius 1 is 1.24 bits per heavy atom. The number of thioether (sulfide) groups is 1. The molecule has 0 aliphatic heterocycles. The van der Waals surface area contributed by atoms with Crippen molar-refractivity contribution in [2.75, 3.05) is 12.9 Å². The molecule has 0 amide bonds. The molecule has 0 aliphatic rings. The van der Waals surface area contributed by atoms with E-state index < -0.39 is 0 Å². The summed E-state index contributed by atoms with van der Waals surface area (Å²) in [6.07, 6.45) is 0. The number of carbonyl (C=O) groups excluding carboxylic acids is 1. The number of ketones is 1. The monoisotopic (exact) mass is 315 g/mol. The topological polar surface area (TPSA) is 39.2 Å². The van der Waals surface area contributed by atoms with E-state index in [2.05, 4.69) is 4.98 Å². The lowest BCUT2D eigenvalue weighted by atomic mass is 10.1. The minimum absolute atomic E-state index is 0.0816. The summed E-state index contributed by atoms with van der Waals surface area (Å²) in [6, 6.07) is 15.2. The van der Waals surface area contributed by atoms with Gasteiger partial charge in [-0.25, -0.2) is 4.98 Å². The van der Waals surface area contributed by atoms with E-state index >= 15 is 0 Å². The first-order valence-electron chi connectivity index (χ1n) is 6.42. The molecule has 0 radical (unpaired) electrons. The Morgan fingerprint density at radius 2 is 2.10 bits per heavy atom. The average Bonchev–Trinajstić information content (AvgIpc) is 2.95. The van der Waals surface area contributed by atoms with Crippen molar-refractivity contribution in [1.82, 2.24) is 4.98 Å². The van der Waals surface area contributed by atoms with Gasteiger partial charge in [-0.2, -0.15) is 0 Å². The molecule has 5 heteroatoms. The van der Waals surface area contributed by atoms with Crippen molar-refractivity contribution in [3.05, 3.63) is 54.1 Å². The molecule has 0 bridgehead atoms. The number of thiazole rings is 1. The summed E-state index contributed by atoms with van der Waals surface area (Å²) in [5.41, 5.74) is 1.65. The highest BCUT2D eigenvalue weighted by molar-refractivity contribution is 8.01. The second-order valence-electron chi connectivity index (χ2n) is 4.39. The zero-order chi connectivity index (χ0) is 14.7. The Balaban J connectivity index is 1.70. The second kappa shape index (κ2) is 6.28. The van der Waals surface area contributed by atoms with Crippen LogP contribution < -0.4 is 4.74 Å². The molecule has 0 saturated carbocycles. The Kier molecular flexibility index (Phi) is 4.22. The lowest BCUT2D eigenvalue weighted by Gasteiger charge is -2.02. The minimum Gasteiger partial charge on any atom is -0.497 e. The molecule has 0 fully saturated rings. The third-order valence-corrected chi connectivity index (χ3v) is 5.17. The molecule has 0 aliphatic carbocycles. The van der Waals surface area contributed by atoms with Gasteiger partial charge in [0.2, 0.25) is 0 Å². The summed E-state index contributed by atoms with van der Waals surface area (Å²) in [5.74, 6) is 1.16. The molecule has 3 nitrogen and oxygen atoms in total. The minimum atomic E-state index is 0.0816. The van der Waals surface area contributed by atoms with E-state index in [1.165, 1.54) is 11.8 Å². The molecule has 3 aromatic rings. The van der Waals surface area contributed by atoms with E-state index in [1.54, 1.807) is 24.5 Å². The van der Waals surface area contributed by atoms with Gasteiger partial charge >= 0.3 is 0 Å². The van der Waals surface area contributed by atoms with Crippen molar-refractivity contribution in [2.45, 2.75) is 4.34 Å². The van der Waals surface area contributed by atoms with E-state index in [4.69, 9.17) is 4.74 Å². The first-order valence-corrected chi connectivity index (χ1v) is 8.22. The number of carbonyl (C=O) groups is 1. The number of hydrogen-bond acceptors (Lipinski definition) is 5. The van der Waals surface area contributed by atoms with Crippen LogP contribution in [0, 0.1) is 0 Å². The van der Waals surface area contributed by atoms with Gasteiger partial charge in [-0.1, -0.05) is 36.0 Å². The zero-order valence-electron chi connectivity index (χ0n) is 11.4. The number of ether oxygens (including phenoxy) is 1. The normalized spacial score (nSPS) is 10.7. The maximum absolute atomic E-state index is 12.2. The molecule has 1 aromatic heterocycles. The van der Waals surface area contributed by atoms with Crippen LogP contribution in [0.5, 0.6) is 5.75 Å². The van der Waals surface area contributed by atoms with Crippen LogP contribution in [-0.4, -0.2) is 23.6 Å². The van der Waals surface area contributed by atoms with Crippen molar-refractivity contribution < 1.29 is 9.53 Å². The molecule has 0 saturated heterocycles. The van der Waals surface area contributed by atoms with Crippen LogP contribution in [-0.2, 0) is 0 Å². The number of Topliss-reactive ketones (excluding diaryl/α,β-unsaturated/α-hetero) is 1. The standard InChI is InChI=1S/C16H13NO2S2/c1-19-12-6-4-5-11(9-12)14(18)10-20-16-17-13-7-2-3-8-15(13)21-16/h2-9H,10H2,1H3. The van der Waals surface area contributed by atoms with Gasteiger partial charge in [-0.15, -0.1) is 11.3 Å². The molecule has 0 atom stereocenters. The molecular weight excluding hydrogens is 302 g/mol. The van der Waals surface area contributed by atoms with Gasteiger partial charge in [0.15, 0.2) is 10.1 Å². The van der Waals surface area contributed by atoms with Gasteiger partial charge in [0, 0.05) is 5.56 Å². The van der Waals surface area contributed by atoms with Gasteiger partial charge in [-0.3, -0.25) is 4.79 Å². The van der Waals surface area contributed by atoms with Crippen molar-refractivity contribution in [3.8, 4) is 5.75 Å². The Bertz CT molecular complexity index is 750. The largest absolute Gasteiger partial charge is 0.497 e. The summed E-state index contributed by atoms with van der Waals surface area (Å²) in [4.78, 5) is 16.7. The van der Waals surface area contributed by atoms with Crippen LogP contribution in [0.2, 0.25) is 0 Å². The molecule has 1 heterocycles. The van der Waals surface area contributed by atoms with E-state index in [-0.39, 0.29) is 5.78 Å². The summed E-state index contributed by atoms with van der Waals surface area (Å²) in [6.45, 7) is 0. The van der Waals surface area contributed by atoms with Crippen molar-refractivity contribution >= 4 is 39.1 Å². The van der Waals surface area contributed by atoms with E-state index in [0.717, 1.165) is 14.6 Å². The second-order valence-corrected chi connectivity index (χ2v) is 6.64. The predicted molar refractivity (Wildman–Crippen MR) is 87.7 cm³/mol. The Morgan fingerprint density at radius 3 is 2.90 bits per heavy atom. The molecule has 0 N–H and O–H groups in total. The maximum Gasteiger partial charge on any atom is 0.173 e. The highest BCUT2D eigenvalue weighted by atomic mass is 32.2. The maximum atomic E-state index is 12.2. The summed E-state index contributed by atoms with van der Waals surface area (Å²) in [5, 5.41) is 0. The van der Waals surface area contributed by atoms with Crippen LogP contribution in [0.1, 0.15) is 10.4 Å². The number of rotatable bonds is 5. The van der Waals surface area contributed by atoms with Crippen LogP contribution >= 0.6 is 23.1 Å². The third-order valence-electron chi connectivity index (χ3n) is 2.99. The molecule has 3 rings (SSSR count). The summed E-state index contributed by atoms with van der Waals surface area (Å²) >= 11 is 3.10. The highest BCUT2D eigenvalue weighted by Crippen LogP contribution is 2.29. The number of fused-ring (bicyclic) bond motifs is 1. The number of aromatic nitrogens is 1. The van der Waals surface area contributed by atoms with Crippen LogP contribution in [0.4, 0.5) is 0 Å². The number of benzene rings is 2. The van der Waals surface area contributed by atoms with Gasteiger partial charge < -0.3 is 4.74 Å². The van der Waals surface area contributed by atoms with Crippen LogP contribution in [0.15, 0.2) is 52.9 Å². The lowest BCUT2D eigenvalue weighted by molar-refractivity contribution is 0.102. The lowest BCUT2D eigenvalue weighted by Crippen LogP contribution is -2.02. The molecule has 2 aromatic carbocycles. The van der Waals surface area contributed by atoms with Crippen molar-refractivity contribution in [2.24, 2.45) is 0 Å². The molecule has 106 valence electrons. The van der Waals surface area contributed by atoms with Gasteiger partial charge in [0.1, 0.15) is 5.75 Å². The van der Waals surface area contributed by atoms with Crippen molar-refractivity contribution in [1.29, 1.82) is 0 Å². The number of nitrogens with zero attached hydrogens (tertiary/aromatic N) is 1. The number of para-hydroxylation sites is 1. The van der Waals surface area contributed by atoms with E-state index in [1.807, 2.05) is 42.5 Å². The molecular formula is C16H13NO2S2. The van der Waals surface area contributed by atoms with Crippen LogP contribution in [0.25, 0.3) is 10.2 Å². The predicted octanol–water partition coefficient (Wildman–Crippen LogP) is 4.28. The third kappa shape index (κ3) is 3.25.